The first-order valence-electron chi connectivity index (χ1n) is 8.16. The fraction of sp³-hybridized carbons (Fsp3) is 0.353. The third-order valence-electron chi connectivity index (χ3n) is 3.98. The summed E-state index contributed by atoms with van der Waals surface area (Å²) in [6, 6.07) is 6.14. The predicted molar refractivity (Wildman–Crippen MR) is 94.4 cm³/mol. The molecule has 0 saturated carbocycles. The minimum Gasteiger partial charge on any atom is -0.497 e. The van der Waals surface area contributed by atoms with E-state index in [-0.39, 0.29) is 18.2 Å². The Balaban J connectivity index is 1.57. The second kappa shape index (κ2) is 8.09. The minimum atomic E-state index is -0.522. The summed E-state index contributed by atoms with van der Waals surface area (Å²) >= 11 is 6.12. The number of hydrogen-bond donors (Lipinski definition) is 3. The van der Waals surface area contributed by atoms with Crippen molar-refractivity contribution in [3.05, 3.63) is 40.7 Å². The van der Waals surface area contributed by atoms with E-state index in [1.165, 1.54) is 0 Å². The van der Waals surface area contributed by atoms with Crippen molar-refractivity contribution in [1.82, 2.24) is 20.8 Å². The van der Waals surface area contributed by atoms with Crippen LogP contribution in [0.25, 0.3) is 0 Å². The van der Waals surface area contributed by atoms with Crippen molar-refractivity contribution in [3.8, 4) is 11.5 Å². The van der Waals surface area contributed by atoms with E-state index in [1.54, 1.807) is 31.4 Å². The number of amides is 2. The zero-order chi connectivity index (χ0) is 18.5. The standard InChI is InChI=1S/C17H19ClN4O4/c1-25-11-4-5-15(12(18)8-11)26-9-10-7-14(22-21-10)17(24)20-13-3-2-6-19-16(13)23/h4-5,7-8,13H,2-3,6,9H2,1H3,(H,19,23)(H,20,24)(H,21,22)/t13-/m0/s1. The lowest BCUT2D eigenvalue weighted by Gasteiger charge is -2.22. The number of methoxy groups -OCH3 is 1. The third-order valence-corrected chi connectivity index (χ3v) is 4.27. The Morgan fingerprint density at radius 3 is 3.00 bits per heavy atom. The maximum absolute atomic E-state index is 12.2. The summed E-state index contributed by atoms with van der Waals surface area (Å²) in [5.74, 6) is 0.552. The molecule has 1 fully saturated rings. The van der Waals surface area contributed by atoms with Crippen molar-refractivity contribution in [2.45, 2.75) is 25.5 Å². The molecule has 0 bridgehead atoms. The summed E-state index contributed by atoms with van der Waals surface area (Å²) in [4.78, 5) is 23.9. The molecule has 0 unspecified atom stereocenters. The van der Waals surface area contributed by atoms with Crippen molar-refractivity contribution >= 4 is 23.4 Å². The van der Waals surface area contributed by atoms with E-state index >= 15 is 0 Å². The molecule has 1 aliphatic rings. The van der Waals surface area contributed by atoms with Gasteiger partial charge in [0.2, 0.25) is 5.91 Å². The molecule has 26 heavy (non-hydrogen) atoms. The molecular weight excluding hydrogens is 360 g/mol. The molecule has 3 rings (SSSR count). The minimum absolute atomic E-state index is 0.163. The normalized spacial score (nSPS) is 16.7. The van der Waals surface area contributed by atoms with Crippen LogP contribution in [0, 0.1) is 0 Å². The number of halogens is 1. The maximum Gasteiger partial charge on any atom is 0.272 e. The summed E-state index contributed by atoms with van der Waals surface area (Å²) in [6.07, 6.45) is 1.45. The first kappa shape index (κ1) is 18.1. The number of nitrogens with one attached hydrogen (secondary N) is 3. The van der Waals surface area contributed by atoms with E-state index in [1.807, 2.05) is 0 Å². The Morgan fingerprint density at radius 1 is 1.42 bits per heavy atom. The number of aromatic nitrogens is 2. The van der Waals surface area contributed by atoms with Crippen LogP contribution in [0.1, 0.15) is 29.0 Å². The molecule has 2 aromatic rings. The average molecular weight is 379 g/mol. The average Bonchev–Trinajstić information content (AvgIpc) is 3.11. The Labute approximate surface area is 155 Å². The summed E-state index contributed by atoms with van der Waals surface area (Å²) in [6.45, 7) is 0.805. The smallest absolute Gasteiger partial charge is 0.272 e. The Hall–Kier alpha value is -2.74. The molecule has 2 heterocycles. The molecule has 0 radical (unpaired) electrons. The number of rotatable bonds is 6. The highest BCUT2D eigenvalue weighted by Gasteiger charge is 2.24. The summed E-state index contributed by atoms with van der Waals surface area (Å²) in [5.41, 5.74) is 0.804. The third kappa shape index (κ3) is 4.26. The highest BCUT2D eigenvalue weighted by Crippen LogP contribution is 2.29. The number of piperidine rings is 1. The van der Waals surface area contributed by atoms with Crippen LogP contribution in [0.5, 0.6) is 11.5 Å². The Kier molecular flexibility index (Phi) is 5.62. The molecule has 0 spiro atoms. The van der Waals surface area contributed by atoms with Gasteiger partial charge in [-0.25, -0.2) is 0 Å². The number of H-pyrrole nitrogens is 1. The Bertz CT molecular complexity index is 808. The molecular formula is C17H19ClN4O4. The largest absolute Gasteiger partial charge is 0.497 e. The second-order valence-electron chi connectivity index (χ2n) is 5.82. The molecule has 138 valence electrons. The molecule has 1 aromatic carbocycles. The number of nitrogens with zero attached hydrogens (tertiary/aromatic N) is 1. The van der Waals surface area contributed by atoms with Gasteiger partial charge in [-0.1, -0.05) is 11.6 Å². The van der Waals surface area contributed by atoms with Gasteiger partial charge in [0.25, 0.3) is 5.91 Å². The molecule has 1 saturated heterocycles. The lowest BCUT2D eigenvalue weighted by Crippen LogP contribution is -2.50. The zero-order valence-electron chi connectivity index (χ0n) is 14.2. The second-order valence-corrected chi connectivity index (χ2v) is 6.23. The van der Waals surface area contributed by atoms with Crippen molar-refractivity contribution in [2.24, 2.45) is 0 Å². The molecule has 2 amide bonds. The molecule has 1 aliphatic heterocycles. The van der Waals surface area contributed by atoms with Gasteiger partial charge in [-0.3, -0.25) is 14.7 Å². The summed E-state index contributed by atoms with van der Waals surface area (Å²) in [5, 5.41) is 12.5. The molecule has 1 atom stereocenters. The summed E-state index contributed by atoms with van der Waals surface area (Å²) < 4.78 is 10.7. The van der Waals surface area contributed by atoms with E-state index in [0.29, 0.717) is 35.2 Å². The summed E-state index contributed by atoms with van der Waals surface area (Å²) in [7, 11) is 1.56. The highest BCUT2D eigenvalue weighted by atomic mass is 35.5. The van der Waals surface area contributed by atoms with Crippen molar-refractivity contribution in [3.63, 3.8) is 0 Å². The lowest BCUT2D eigenvalue weighted by atomic mass is 10.1. The lowest BCUT2D eigenvalue weighted by molar-refractivity contribution is -0.124. The highest BCUT2D eigenvalue weighted by molar-refractivity contribution is 6.32. The van der Waals surface area contributed by atoms with Crippen LogP contribution in [-0.2, 0) is 11.4 Å². The number of benzene rings is 1. The fourth-order valence-electron chi connectivity index (χ4n) is 2.57. The molecule has 3 N–H and O–H groups in total. The van der Waals surface area contributed by atoms with Crippen LogP contribution >= 0.6 is 11.6 Å². The van der Waals surface area contributed by atoms with Gasteiger partial charge in [0.15, 0.2) is 0 Å². The van der Waals surface area contributed by atoms with Crippen LogP contribution in [-0.4, -0.2) is 41.7 Å². The first-order valence-corrected chi connectivity index (χ1v) is 8.54. The molecule has 8 nitrogen and oxygen atoms in total. The van der Waals surface area contributed by atoms with Gasteiger partial charge in [0, 0.05) is 12.6 Å². The van der Waals surface area contributed by atoms with E-state index in [0.717, 1.165) is 6.42 Å². The van der Waals surface area contributed by atoms with E-state index in [4.69, 9.17) is 21.1 Å². The number of ether oxygens (including phenoxy) is 2. The van der Waals surface area contributed by atoms with Gasteiger partial charge in [0.05, 0.1) is 17.8 Å². The van der Waals surface area contributed by atoms with Crippen LogP contribution < -0.4 is 20.1 Å². The van der Waals surface area contributed by atoms with E-state index in [9.17, 15) is 9.59 Å². The van der Waals surface area contributed by atoms with Crippen molar-refractivity contribution in [1.29, 1.82) is 0 Å². The van der Waals surface area contributed by atoms with Crippen molar-refractivity contribution < 1.29 is 19.1 Å². The number of aromatic amines is 1. The van der Waals surface area contributed by atoms with Gasteiger partial charge >= 0.3 is 0 Å². The van der Waals surface area contributed by atoms with Crippen LogP contribution in [0.4, 0.5) is 0 Å². The number of carbonyl (C=O) groups is 2. The van der Waals surface area contributed by atoms with Gasteiger partial charge in [-0.2, -0.15) is 5.10 Å². The van der Waals surface area contributed by atoms with Gasteiger partial charge in [-0.05, 0) is 31.0 Å². The van der Waals surface area contributed by atoms with Gasteiger partial charge < -0.3 is 20.1 Å². The fourth-order valence-corrected chi connectivity index (χ4v) is 2.80. The molecule has 0 aliphatic carbocycles. The van der Waals surface area contributed by atoms with E-state index < -0.39 is 11.9 Å². The monoisotopic (exact) mass is 378 g/mol. The quantitative estimate of drug-likeness (QED) is 0.709. The van der Waals surface area contributed by atoms with Crippen LogP contribution in [0.2, 0.25) is 5.02 Å². The van der Waals surface area contributed by atoms with Gasteiger partial charge in [-0.15, -0.1) is 0 Å². The predicted octanol–water partition coefficient (Wildman–Crippen LogP) is 1.66. The molecule has 1 aromatic heterocycles. The number of carbonyl (C=O) groups excluding carboxylic acids is 2. The molecule has 9 heteroatoms. The van der Waals surface area contributed by atoms with E-state index in [2.05, 4.69) is 20.8 Å². The topological polar surface area (TPSA) is 105 Å². The SMILES string of the molecule is COc1ccc(OCc2cc(C(=O)N[C@H]3CCCNC3=O)n[nH]2)c(Cl)c1. The number of hydrogen-bond acceptors (Lipinski definition) is 5. The Morgan fingerprint density at radius 2 is 2.27 bits per heavy atom. The van der Waals surface area contributed by atoms with Crippen LogP contribution in [0.15, 0.2) is 24.3 Å². The zero-order valence-corrected chi connectivity index (χ0v) is 14.9. The van der Waals surface area contributed by atoms with Gasteiger partial charge in [0.1, 0.15) is 29.8 Å². The maximum atomic E-state index is 12.2. The first-order chi connectivity index (χ1) is 12.6. The van der Waals surface area contributed by atoms with Crippen LogP contribution in [0.3, 0.4) is 0 Å². The van der Waals surface area contributed by atoms with Crippen molar-refractivity contribution in [2.75, 3.05) is 13.7 Å².